The van der Waals surface area contributed by atoms with Crippen LogP contribution in [0.5, 0.6) is 0 Å². The van der Waals surface area contributed by atoms with Crippen molar-refractivity contribution in [2.75, 3.05) is 4.72 Å². The predicted octanol–water partition coefficient (Wildman–Crippen LogP) is 3.91. The third-order valence-corrected chi connectivity index (χ3v) is 8.12. The SMILES string of the molecule is C[C@@H](OC(=O)c1ccc(NS(=O)(=O)c2ccc(Cl)s2)cc1)C(=O)NC(=O)NC1CCCCC1. The highest BCUT2D eigenvalue weighted by molar-refractivity contribution is 7.94. The van der Waals surface area contributed by atoms with Gasteiger partial charge in [0.1, 0.15) is 4.21 Å². The van der Waals surface area contributed by atoms with Gasteiger partial charge in [-0.2, -0.15) is 0 Å². The minimum absolute atomic E-state index is 0.0390. The van der Waals surface area contributed by atoms with Crippen LogP contribution >= 0.6 is 22.9 Å². The number of halogens is 1. The summed E-state index contributed by atoms with van der Waals surface area (Å²) in [5, 5.41) is 4.94. The molecular formula is C21H24ClN3O6S2. The molecule has 33 heavy (non-hydrogen) atoms. The van der Waals surface area contributed by atoms with Gasteiger partial charge in [0.05, 0.1) is 9.90 Å². The molecule has 9 nitrogen and oxygen atoms in total. The summed E-state index contributed by atoms with van der Waals surface area (Å²) in [6.07, 6.45) is 3.77. The van der Waals surface area contributed by atoms with E-state index in [4.69, 9.17) is 16.3 Å². The number of benzene rings is 1. The summed E-state index contributed by atoms with van der Waals surface area (Å²) in [7, 11) is -3.80. The summed E-state index contributed by atoms with van der Waals surface area (Å²) in [4.78, 5) is 36.5. The predicted molar refractivity (Wildman–Crippen MR) is 125 cm³/mol. The lowest BCUT2D eigenvalue weighted by Crippen LogP contribution is -2.48. The van der Waals surface area contributed by atoms with Crippen molar-refractivity contribution in [3.63, 3.8) is 0 Å². The van der Waals surface area contributed by atoms with E-state index >= 15 is 0 Å². The molecule has 1 aromatic carbocycles. The maximum atomic E-state index is 12.3. The first kappa shape index (κ1) is 25.0. The van der Waals surface area contributed by atoms with Crippen LogP contribution in [0, 0.1) is 0 Å². The van der Waals surface area contributed by atoms with Crippen LogP contribution < -0.4 is 15.4 Å². The van der Waals surface area contributed by atoms with Gasteiger partial charge in [-0.15, -0.1) is 11.3 Å². The fourth-order valence-electron chi connectivity index (χ4n) is 3.29. The number of rotatable bonds is 7. The van der Waals surface area contributed by atoms with Crippen LogP contribution in [-0.4, -0.2) is 38.5 Å². The molecule has 1 fully saturated rings. The van der Waals surface area contributed by atoms with Gasteiger partial charge in [-0.3, -0.25) is 14.8 Å². The van der Waals surface area contributed by atoms with Gasteiger partial charge in [-0.05, 0) is 56.2 Å². The molecule has 3 N–H and O–H groups in total. The number of sulfonamides is 1. The number of ether oxygens (including phenoxy) is 1. The molecule has 3 rings (SSSR count). The Morgan fingerprint density at radius 2 is 1.73 bits per heavy atom. The number of carbonyl (C=O) groups is 3. The van der Waals surface area contributed by atoms with E-state index in [0.717, 1.165) is 43.4 Å². The maximum absolute atomic E-state index is 12.3. The Morgan fingerprint density at radius 1 is 1.06 bits per heavy atom. The largest absolute Gasteiger partial charge is 0.449 e. The highest BCUT2D eigenvalue weighted by Gasteiger charge is 2.23. The Balaban J connectivity index is 1.51. The number of thiophene rings is 1. The first-order chi connectivity index (χ1) is 15.6. The van der Waals surface area contributed by atoms with Crippen LogP contribution in [0.4, 0.5) is 10.5 Å². The molecule has 0 radical (unpaired) electrons. The van der Waals surface area contributed by atoms with E-state index in [-0.39, 0.29) is 21.5 Å². The lowest BCUT2D eigenvalue weighted by atomic mass is 9.96. The molecule has 0 saturated heterocycles. The molecule has 1 heterocycles. The van der Waals surface area contributed by atoms with Crippen molar-refractivity contribution in [1.82, 2.24) is 10.6 Å². The van der Waals surface area contributed by atoms with Crippen molar-refractivity contribution >= 4 is 56.6 Å². The van der Waals surface area contributed by atoms with Crippen LogP contribution in [0.2, 0.25) is 4.34 Å². The van der Waals surface area contributed by atoms with Crippen LogP contribution in [0.15, 0.2) is 40.6 Å². The van der Waals surface area contributed by atoms with Gasteiger partial charge in [0.2, 0.25) is 0 Å². The van der Waals surface area contributed by atoms with E-state index < -0.39 is 34.0 Å². The molecular weight excluding hydrogens is 490 g/mol. The second kappa shape index (κ2) is 11.0. The van der Waals surface area contributed by atoms with E-state index in [2.05, 4.69) is 15.4 Å². The molecule has 178 valence electrons. The van der Waals surface area contributed by atoms with Crippen molar-refractivity contribution in [2.45, 2.75) is 55.4 Å². The second-order valence-corrected chi connectivity index (χ2v) is 11.2. The van der Waals surface area contributed by atoms with E-state index in [1.54, 1.807) is 0 Å². The first-order valence-corrected chi connectivity index (χ1v) is 13.0. The monoisotopic (exact) mass is 513 g/mol. The van der Waals surface area contributed by atoms with Gasteiger partial charge in [0.25, 0.3) is 15.9 Å². The van der Waals surface area contributed by atoms with Gasteiger partial charge in [0, 0.05) is 11.7 Å². The van der Waals surface area contributed by atoms with E-state index in [1.165, 1.54) is 43.3 Å². The topological polar surface area (TPSA) is 131 Å². The summed E-state index contributed by atoms with van der Waals surface area (Å²) in [5.74, 6) is -1.53. The molecule has 0 aliphatic heterocycles. The lowest BCUT2D eigenvalue weighted by molar-refractivity contribution is -0.127. The van der Waals surface area contributed by atoms with Gasteiger partial charge >= 0.3 is 12.0 Å². The molecule has 3 amide bonds. The zero-order chi connectivity index (χ0) is 24.0. The number of hydrogen-bond acceptors (Lipinski definition) is 7. The van der Waals surface area contributed by atoms with Gasteiger partial charge in [-0.1, -0.05) is 30.9 Å². The van der Waals surface area contributed by atoms with Crippen molar-refractivity contribution < 1.29 is 27.5 Å². The Morgan fingerprint density at radius 3 is 2.33 bits per heavy atom. The smallest absolute Gasteiger partial charge is 0.338 e. The van der Waals surface area contributed by atoms with Crippen molar-refractivity contribution in [1.29, 1.82) is 0 Å². The van der Waals surface area contributed by atoms with Crippen molar-refractivity contribution in [3.8, 4) is 0 Å². The zero-order valence-corrected chi connectivity index (χ0v) is 20.2. The molecule has 0 spiro atoms. The fourth-order valence-corrected chi connectivity index (χ4v) is 5.83. The van der Waals surface area contributed by atoms with Crippen LogP contribution in [-0.2, 0) is 19.6 Å². The number of carbonyl (C=O) groups excluding carboxylic acids is 3. The standard InChI is InChI=1S/C21H24ClN3O6S2/c1-13(19(26)24-21(28)23-15-5-3-2-4-6-15)31-20(27)14-7-9-16(10-8-14)25-33(29,30)18-12-11-17(22)32-18/h7-13,15,25H,2-6H2,1H3,(H2,23,24,26,28)/t13-/m1/s1. The summed E-state index contributed by atoms with van der Waals surface area (Å²) >= 11 is 6.70. The van der Waals surface area contributed by atoms with Crippen LogP contribution in [0.3, 0.4) is 0 Å². The number of amides is 3. The van der Waals surface area contributed by atoms with Gasteiger partial charge in [0.15, 0.2) is 6.10 Å². The second-order valence-electron chi connectivity index (χ2n) is 7.59. The Labute approximate surface area is 200 Å². The lowest BCUT2D eigenvalue weighted by Gasteiger charge is -2.23. The molecule has 1 saturated carbocycles. The minimum Gasteiger partial charge on any atom is -0.449 e. The third-order valence-electron chi connectivity index (χ3n) is 5.02. The summed E-state index contributed by atoms with van der Waals surface area (Å²) in [5.41, 5.74) is 0.352. The molecule has 0 unspecified atom stereocenters. The quantitative estimate of drug-likeness (QED) is 0.481. The van der Waals surface area contributed by atoms with Gasteiger partial charge < -0.3 is 10.1 Å². The molecule has 1 aromatic heterocycles. The zero-order valence-electron chi connectivity index (χ0n) is 17.8. The molecule has 12 heteroatoms. The van der Waals surface area contributed by atoms with Crippen LogP contribution in [0.25, 0.3) is 0 Å². The molecule has 1 atom stereocenters. The number of urea groups is 1. The summed E-state index contributed by atoms with van der Waals surface area (Å²) < 4.78 is 32.6. The highest BCUT2D eigenvalue weighted by Crippen LogP contribution is 2.27. The average Bonchev–Trinajstić information content (AvgIpc) is 3.22. The van der Waals surface area contributed by atoms with Crippen molar-refractivity contribution in [3.05, 3.63) is 46.3 Å². The number of hydrogen-bond donors (Lipinski definition) is 3. The number of anilines is 1. The average molecular weight is 514 g/mol. The molecule has 2 aromatic rings. The number of nitrogens with one attached hydrogen (secondary N) is 3. The number of imide groups is 1. The molecule has 1 aliphatic carbocycles. The Kier molecular flexibility index (Phi) is 8.33. The summed E-state index contributed by atoms with van der Waals surface area (Å²) in [6.45, 7) is 1.36. The fraction of sp³-hybridized carbons (Fsp3) is 0.381. The molecule has 0 bridgehead atoms. The van der Waals surface area contributed by atoms with Crippen LogP contribution in [0.1, 0.15) is 49.4 Å². The van der Waals surface area contributed by atoms with E-state index in [1.807, 2.05) is 0 Å². The normalized spacial score (nSPS) is 15.3. The third kappa shape index (κ3) is 7.18. The number of esters is 1. The first-order valence-electron chi connectivity index (χ1n) is 10.3. The Bertz CT molecular complexity index is 1110. The van der Waals surface area contributed by atoms with E-state index in [0.29, 0.717) is 4.34 Å². The van der Waals surface area contributed by atoms with Gasteiger partial charge in [-0.25, -0.2) is 18.0 Å². The Hall–Kier alpha value is -2.63. The molecule has 1 aliphatic rings. The maximum Gasteiger partial charge on any atom is 0.338 e. The van der Waals surface area contributed by atoms with E-state index in [9.17, 15) is 22.8 Å². The highest BCUT2D eigenvalue weighted by atomic mass is 35.5. The minimum atomic E-state index is -3.80. The van der Waals surface area contributed by atoms with Crippen molar-refractivity contribution in [2.24, 2.45) is 0 Å². The summed E-state index contributed by atoms with van der Waals surface area (Å²) in [6, 6.07) is 7.82.